The summed E-state index contributed by atoms with van der Waals surface area (Å²) in [6.45, 7) is 30.0. The minimum Gasteiger partial charge on any atom is -0.455 e. The predicted octanol–water partition coefficient (Wildman–Crippen LogP) is 6.45. The summed E-state index contributed by atoms with van der Waals surface area (Å²) in [4.78, 5) is 0. The van der Waals surface area contributed by atoms with E-state index in [4.69, 9.17) is 4.12 Å². The van der Waals surface area contributed by atoms with Gasteiger partial charge in [-0.2, -0.15) is 0 Å². The van der Waals surface area contributed by atoms with Gasteiger partial charge in [0.25, 0.3) is 0 Å². The molecule has 0 spiro atoms. The minimum absolute atomic E-state index is 0.156. The molecule has 0 aromatic heterocycles. The van der Waals surface area contributed by atoms with E-state index in [0.29, 0.717) is 11.0 Å². The Hall–Kier alpha value is 0.134. The molecule has 0 saturated heterocycles. The zero-order valence-electron chi connectivity index (χ0n) is 15.9. The molecule has 0 bridgehead atoms. The Bertz CT molecular complexity index is 337. The molecule has 0 aromatic carbocycles. The molecule has 0 radical (unpaired) electrons. The van der Waals surface area contributed by atoms with Gasteiger partial charge in [-0.3, -0.25) is 0 Å². The largest absolute Gasteiger partial charge is 0.455 e. The van der Waals surface area contributed by atoms with E-state index in [9.17, 15) is 0 Å². The van der Waals surface area contributed by atoms with Crippen LogP contribution < -0.4 is 0 Å². The van der Waals surface area contributed by atoms with Crippen molar-refractivity contribution in [1.29, 1.82) is 0 Å². The van der Waals surface area contributed by atoms with Gasteiger partial charge >= 0.3 is 0 Å². The molecule has 0 aliphatic carbocycles. The number of allylic oxidation sites excluding steroid dienone is 1. The number of hydrogen-bond acceptors (Lipinski definition) is 1. The summed E-state index contributed by atoms with van der Waals surface area (Å²) in [5.41, 5.74) is 2.37. The molecule has 3 heteroatoms. The fraction of sp³-hybridized carbons (Fsp3) is 0.882. The van der Waals surface area contributed by atoms with E-state index in [0.717, 1.165) is 0 Å². The summed E-state index contributed by atoms with van der Waals surface area (Å²) in [7, 11) is -3.30. The maximum absolute atomic E-state index is 6.67. The highest BCUT2D eigenvalue weighted by Gasteiger charge is 2.42. The van der Waals surface area contributed by atoms with Gasteiger partial charge in [0.15, 0.2) is 16.6 Å². The zero-order chi connectivity index (χ0) is 16.6. The summed E-state index contributed by atoms with van der Waals surface area (Å²) < 4.78 is 6.67. The topological polar surface area (TPSA) is 9.23 Å². The van der Waals surface area contributed by atoms with Crippen LogP contribution in [0.3, 0.4) is 0 Å². The molecule has 120 valence electrons. The molecule has 0 N–H and O–H groups in total. The van der Waals surface area contributed by atoms with Crippen LogP contribution in [0.5, 0.6) is 0 Å². The highest BCUT2D eigenvalue weighted by molar-refractivity contribution is 6.85. The van der Waals surface area contributed by atoms with Gasteiger partial charge in [0, 0.05) is 0 Å². The van der Waals surface area contributed by atoms with Gasteiger partial charge in [0.1, 0.15) is 0 Å². The van der Waals surface area contributed by atoms with Crippen molar-refractivity contribution in [2.24, 2.45) is 10.8 Å². The van der Waals surface area contributed by atoms with Crippen LogP contribution in [0.15, 0.2) is 12.2 Å². The molecule has 0 aromatic rings. The third-order valence-electron chi connectivity index (χ3n) is 3.61. The van der Waals surface area contributed by atoms with E-state index in [1.807, 2.05) is 0 Å². The first-order valence-corrected chi connectivity index (χ1v) is 14.2. The van der Waals surface area contributed by atoms with Crippen molar-refractivity contribution < 1.29 is 4.12 Å². The molecule has 0 heterocycles. The fourth-order valence-electron chi connectivity index (χ4n) is 2.78. The third kappa shape index (κ3) is 7.23. The lowest BCUT2D eigenvalue weighted by molar-refractivity contribution is 0.341. The highest BCUT2D eigenvalue weighted by Crippen LogP contribution is 2.46. The van der Waals surface area contributed by atoms with E-state index >= 15 is 0 Å². The van der Waals surface area contributed by atoms with Crippen molar-refractivity contribution in [2.45, 2.75) is 86.2 Å². The van der Waals surface area contributed by atoms with Gasteiger partial charge in [-0.25, -0.2) is 0 Å². The number of rotatable bonds is 5. The average molecular weight is 315 g/mol. The molecule has 1 atom stereocenters. The Labute approximate surface area is 130 Å². The Kier molecular flexibility index (Phi) is 6.13. The standard InChI is InChI=1S/C17H38OSi2/c1-14(17(5,6)7)15(13-16(2,3)4)20(11,12)18-19(8,9)10/h15H,1,13H2,2-12H3. The van der Waals surface area contributed by atoms with Gasteiger partial charge < -0.3 is 4.12 Å². The third-order valence-corrected chi connectivity index (χ3v) is 10.4. The summed E-state index contributed by atoms with van der Waals surface area (Å²) in [5.74, 6) is 0. The minimum atomic E-state index is -1.79. The first kappa shape index (κ1) is 20.1. The van der Waals surface area contributed by atoms with Crippen molar-refractivity contribution in [3.05, 3.63) is 12.2 Å². The molecule has 20 heavy (non-hydrogen) atoms. The van der Waals surface area contributed by atoms with Gasteiger partial charge in [-0.1, -0.05) is 53.7 Å². The Morgan fingerprint density at radius 3 is 1.60 bits per heavy atom. The average Bonchev–Trinajstić information content (AvgIpc) is 2.05. The second kappa shape index (κ2) is 6.09. The first-order chi connectivity index (χ1) is 8.46. The van der Waals surface area contributed by atoms with E-state index < -0.39 is 16.6 Å². The van der Waals surface area contributed by atoms with E-state index in [1.165, 1.54) is 12.0 Å². The van der Waals surface area contributed by atoms with Crippen LogP contribution in [0.25, 0.3) is 0 Å². The molecular formula is C17H38OSi2. The molecule has 0 fully saturated rings. The lowest BCUT2D eigenvalue weighted by Gasteiger charge is -2.44. The lowest BCUT2D eigenvalue weighted by atomic mass is 9.80. The van der Waals surface area contributed by atoms with E-state index in [2.05, 4.69) is 80.9 Å². The quantitative estimate of drug-likeness (QED) is 0.418. The molecule has 1 unspecified atom stereocenters. The predicted molar refractivity (Wildman–Crippen MR) is 98.3 cm³/mol. The normalized spacial score (nSPS) is 16.1. The van der Waals surface area contributed by atoms with Gasteiger partial charge in [0.2, 0.25) is 0 Å². The van der Waals surface area contributed by atoms with Crippen LogP contribution in [0.1, 0.15) is 48.0 Å². The Morgan fingerprint density at radius 1 is 0.950 bits per heavy atom. The van der Waals surface area contributed by atoms with Crippen LogP contribution in [-0.2, 0) is 4.12 Å². The van der Waals surface area contributed by atoms with Crippen molar-refractivity contribution in [1.82, 2.24) is 0 Å². The molecule has 0 aliphatic heterocycles. The fourth-order valence-corrected chi connectivity index (χ4v) is 12.0. The molecule has 0 aliphatic rings. The van der Waals surface area contributed by atoms with Crippen molar-refractivity contribution in [3.8, 4) is 0 Å². The Balaban J connectivity index is 5.48. The summed E-state index contributed by atoms with van der Waals surface area (Å²) in [6.07, 6.45) is 1.17. The summed E-state index contributed by atoms with van der Waals surface area (Å²) in [5, 5.41) is 0. The molecule has 0 saturated carbocycles. The van der Waals surface area contributed by atoms with Crippen LogP contribution >= 0.6 is 0 Å². The summed E-state index contributed by atoms with van der Waals surface area (Å²) >= 11 is 0. The highest BCUT2D eigenvalue weighted by atomic mass is 28.4. The van der Waals surface area contributed by atoms with E-state index in [-0.39, 0.29) is 5.41 Å². The summed E-state index contributed by atoms with van der Waals surface area (Å²) in [6, 6.07) is 0. The molecule has 0 rings (SSSR count). The first-order valence-electron chi connectivity index (χ1n) is 7.85. The van der Waals surface area contributed by atoms with Gasteiger partial charge in [0.05, 0.1) is 0 Å². The van der Waals surface area contributed by atoms with Crippen LogP contribution in [-0.4, -0.2) is 16.6 Å². The van der Waals surface area contributed by atoms with Crippen LogP contribution in [0.2, 0.25) is 38.3 Å². The SMILES string of the molecule is C=C(C(CC(C)(C)C)[Si](C)(C)O[Si](C)(C)C)C(C)(C)C. The lowest BCUT2D eigenvalue weighted by Crippen LogP contribution is -2.48. The molecule has 1 nitrogen and oxygen atoms in total. The molecular weight excluding hydrogens is 276 g/mol. The van der Waals surface area contributed by atoms with Gasteiger partial charge in [-0.05, 0) is 55.5 Å². The van der Waals surface area contributed by atoms with Crippen LogP contribution in [0, 0.1) is 10.8 Å². The van der Waals surface area contributed by atoms with Crippen molar-refractivity contribution in [3.63, 3.8) is 0 Å². The van der Waals surface area contributed by atoms with Crippen molar-refractivity contribution in [2.75, 3.05) is 0 Å². The molecule has 0 amide bonds. The maximum Gasteiger partial charge on any atom is 0.180 e. The smallest absolute Gasteiger partial charge is 0.180 e. The van der Waals surface area contributed by atoms with Crippen LogP contribution in [0.4, 0.5) is 0 Å². The maximum atomic E-state index is 6.67. The van der Waals surface area contributed by atoms with Crippen molar-refractivity contribution >= 4 is 16.6 Å². The monoisotopic (exact) mass is 314 g/mol. The number of hydrogen-bond donors (Lipinski definition) is 0. The zero-order valence-corrected chi connectivity index (χ0v) is 17.9. The van der Waals surface area contributed by atoms with E-state index in [1.54, 1.807) is 0 Å². The van der Waals surface area contributed by atoms with Gasteiger partial charge in [-0.15, -0.1) is 0 Å². The second-order valence-electron chi connectivity index (χ2n) is 9.91. The Morgan fingerprint density at radius 2 is 1.35 bits per heavy atom. The second-order valence-corrected chi connectivity index (χ2v) is 18.9.